The Kier molecular flexibility index (Phi) is 6.27. The van der Waals surface area contributed by atoms with Crippen molar-refractivity contribution < 1.29 is 19.1 Å². The quantitative estimate of drug-likeness (QED) is 0.651. The van der Waals surface area contributed by atoms with Crippen LogP contribution in [0, 0.1) is 0 Å². The Morgan fingerprint density at radius 1 is 1.13 bits per heavy atom. The number of carbonyl (C=O) groups excluding carboxylic acids is 2. The van der Waals surface area contributed by atoms with E-state index in [2.05, 4.69) is 38.4 Å². The molecule has 8 heteroatoms. The molecule has 7 nitrogen and oxygen atoms in total. The van der Waals surface area contributed by atoms with Gasteiger partial charge in [0.25, 0.3) is 5.91 Å². The maximum absolute atomic E-state index is 13.1. The van der Waals surface area contributed by atoms with E-state index in [1.807, 2.05) is 18.2 Å². The molecule has 0 radical (unpaired) electrons. The summed E-state index contributed by atoms with van der Waals surface area (Å²) in [4.78, 5) is 32.0. The molecular formula is C23H24BrN3O4. The number of nitrogens with zero attached hydrogens (tertiary/aromatic N) is 2. The number of benzene rings is 1. The smallest absolute Gasteiger partial charge is 0.290 e. The van der Waals surface area contributed by atoms with Crippen molar-refractivity contribution in [2.75, 3.05) is 39.2 Å². The van der Waals surface area contributed by atoms with Crippen molar-refractivity contribution in [2.24, 2.45) is 0 Å². The van der Waals surface area contributed by atoms with Gasteiger partial charge < -0.3 is 19.7 Å². The minimum atomic E-state index is -0.623. The monoisotopic (exact) mass is 485 g/mol. The Labute approximate surface area is 189 Å². The van der Waals surface area contributed by atoms with Gasteiger partial charge in [-0.1, -0.05) is 51.8 Å². The summed E-state index contributed by atoms with van der Waals surface area (Å²) >= 11 is 3.70. The molecule has 0 spiro atoms. The summed E-state index contributed by atoms with van der Waals surface area (Å²) in [7, 11) is 3.04. The molecule has 1 amide bonds. The minimum absolute atomic E-state index is 0.316. The summed E-state index contributed by atoms with van der Waals surface area (Å²) in [6.45, 7) is 1.36. The van der Waals surface area contributed by atoms with E-state index in [0.29, 0.717) is 42.5 Å². The molecule has 3 heterocycles. The third-order valence-corrected chi connectivity index (χ3v) is 6.83. The van der Waals surface area contributed by atoms with Crippen LogP contribution in [0.25, 0.3) is 4.48 Å². The molecule has 2 aliphatic heterocycles. The van der Waals surface area contributed by atoms with Crippen molar-refractivity contribution in [3.05, 3.63) is 53.2 Å². The number of methoxy groups -OCH3 is 2. The molecule has 0 bridgehead atoms. The molecule has 1 unspecified atom stereocenters. The summed E-state index contributed by atoms with van der Waals surface area (Å²) in [5, 5.41) is 3.15. The van der Waals surface area contributed by atoms with Crippen molar-refractivity contribution in [2.45, 2.75) is 18.8 Å². The standard InChI is InChI=1S/C23H24BrN3O4/c1-30-17-13-26-22(31-2)20-18(17)16(12-25-20)21(28)23(29)27-10-8-15(9-11-27)19(24)14-6-4-3-5-7-14/h3-7,13,16,25H,8-12H2,1-2H3. The highest BCUT2D eigenvalue weighted by Crippen LogP contribution is 2.43. The van der Waals surface area contributed by atoms with E-state index in [0.717, 1.165) is 22.9 Å². The summed E-state index contributed by atoms with van der Waals surface area (Å²) < 4.78 is 11.8. The average Bonchev–Trinajstić information content (AvgIpc) is 3.28. The first-order valence-electron chi connectivity index (χ1n) is 10.2. The molecule has 1 atom stereocenters. The molecule has 2 aliphatic rings. The van der Waals surface area contributed by atoms with Gasteiger partial charge in [0, 0.05) is 29.7 Å². The van der Waals surface area contributed by atoms with Gasteiger partial charge in [-0.2, -0.15) is 0 Å². The van der Waals surface area contributed by atoms with Crippen LogP contribution in [0.3, 0.4) is 0 Å². The predicted molar refractivity (Wildman–Crippen MR) is 122 cm³/mol. The number of aromatic nitrogens is 1. The van der Waals surface area contributed by atoms with Gasteiger partial charge in [0.15, 0.2) is 0 Å². The molecule has 1 aromatic heterocycles. The van der Waals surface area contributed by atoms with Gasteiger partial charge in [0.05, 0.1) is 26.3 Å². The Morgan fingerprint density at radius 2 is 1.84 bits per heavy atom. The van der Waals surface area contributed by atoms with Crippen molar-refractivity contribution in [1.82, 2.24) is 9.88 Å². The maximum Gasteiger partial charge on any atom is 0.290 e. The number of ketones is 1. The molecule has 1 fully saturated rings. The van der Waals surface area contributed by atoms with Crippen LogP contribution >= 0.6 is 15.9 Å². The highest BCUT2D eigenvalue weighted by atomic mass is 79.9. The maximum atomic E-state index is 13.1. The first kappa shape index (κ1) is 21.4. The molecule has 4 rings (SSSR count). The number of amides is 1. The fourth-order valence-electron chi connectivity index (χ4n) is 4.15. The van der Waals surface area contributed by atoms with Crippen LogP contribution in [0.15, 0.2) is 42.1 Å². The number of hydrogen-bond donors (Lipinski definition) is 1. The van der Waals surface area contributed by atoms with Crippen molar-refractivity contribution >= 4 is 37.8 Å². The number of Topliss-reactive ketones (excluding diaryl/α,β-unsaturated/α-hetero) is 1. The van der Waals surface area contributed by atoms with Crippen LogP contribution in [0.5, 0.6) is 11.6 Å². The van der Waals surface area contributed by atoms with Crippen molar-refractivity contribution in [3.8, 4) is 11.6 Å². The summed E-state index contributed by atoms with van der Waals surface area (Å²) in [6, 6.07) is 10.1. The minimum Gasteiger partial charge on any atom is -0.495 e. The molecule has 1 N–H and O–H groups in total. The molecule has 1 aromatic carbocycles. The Morgan fingerprint density at radius 3 is 2.48 bits per heavy atom. The molecular weight excluding hydrogens is 462 g/mol. The lowest BCUT2D eigenvalue weighted by atomic mass is 9.94. The van der Waals surface area contributed by atoms with Gasteiger partial charge >= 0.3 is 0 Å². The second-order valence-electron chi connectivity index (χ2n) is 7.50. The number of rotatable bonds is 5. The number of ether oxygens (including phenoxy) is 2. The first-order chi connectivity index (χ1) is 15.0. The largest absolute Gasteiger partial charge is 0.495 e. The topological polar surface area (TPSA) is 80.8 Å². The highest BCUT2D eigenvalue weighted by Gasteiger charge is 2.39. The number of fused-ring (bicyclic) bond motifs is 1. The molecule has 162 valence electrons. The van der Waals surface area contributed by atoms with Gasteiger partial charge in [-0.15, -0.1) is 0 Å². The van der Waals surface area contributed by atoms with Gasteiger partial charge in [0.1, 0.15) is 11.4 Å². The van der Waals surface area contributed by atoms with Crippen molar-refractivity contribution in [3.63, 3.8) is 0 Å². The number of pyridine rings is 1. The van der Waals surface area contributed by atoms with E-state index in [-0.39, 0.29) is 0 Å². The molecule has 31 heavy (non-hydrogen) atoms. The lowest BCUT2D eigenvalue weighted by molar-refractivity contribution is -0.145. The average molecular weight is 486 g/mol. The summed E-state index contributed by atoms with van der Waals surface area (Å²) in [6.07, 6.45) is 2.98. The van der Waals surface area contributed by atoms with Gasteiger partial charge in [-0.25, -0.2) is 4.98 Å². The zero-order chi connectivity index (χ0) is 22.0. The number of hydrogen-bond acceptors (Lipinski definition) is 6. The normalized spacial score (nSPS) is 17.6. The second kappa shape index (κ2) is 9.09. The Bertz CT molecular complexity index is 1030. The van der Waals surface area contributed by atoms with Crippen LogP contribution < -0.4 is 14.8 Å². The molecule has 2 aromatic rings. The fraction of sp³-hybridized carbons (Fsp3) is 0.348. The third kappa shape index (κ3) is 4.04. The van der Waals surface area contributed by atoms with Crippen LogP contribution in [0.2, 0.25) is 0 Å². The molecule has 1 saturated heterocycles. The Hall–Kier alpha value is -2.87. The molecule has 0 aliphatic carbocycles. The number of likely N-dealkylation sites (tertiary alicyclic amines) is 1. The van der Waals surface area contributed by atoms with Crippen LogP contribution in [-0.4, -0.2) is 55.4 Å². The van der Waals surface area contributed by atoms with Gasteiger partial charge in [-0.05, 0) is 18.4 Å². The fourth-order valence-corrected chi connectivity index (χ4v) is 4.81. The highest BCUT2D eigenvalue weighted by molar-refractivity contribution is 9.15. The number of anilines is 1. The number of nitrogens with one attached hydrogen (secondary N) is 1. The van der Waals surface area contributed by atoms with E-state index in [1.54, 1.807) is 4.90 Å². The SMILES string of the molecule is COc1cnc(OC)c2c1C(C(=O)C(=O)N1CCC(=C(Br)c3ccccc3)CC1)CN2. The second-order valence-corrected chi connectivity index (χ2v) is 8.29. The van der Waals surface area contributed by atoms with Gasteiger partial charge in [-0.3, -0.25) is 9.59 Å². The zero-order valence-electron chi connectivity index (χ0n) is 17.5. The zero-order valence-corrected chi connectivity index (χ0v) is 19.1. The lowest BCUT2D eigenvalue weighted by Crippen LogP contribution is -2.42. The van der Waals surface area contributed by atoms with E-state index in [9.17, 15) is 9.59 Å². The predicted octanol–water partition coefficient (Wildman–Crippen LogP) is 3.61. The van der Waals surface area contributed by atoms with E-state index in [4.69, 9.17) is 9.47 Å². The van der Waals surface area contributed by atoms with E-state index < -0.39 is 17.6 Å². The third-order valence-electron chi connectivity index (χ3n) is 5.81. The summed E-state index contributed by atoms with van der Waals surface area (Å²) in [5.41, 5.74) is 3.63. The Balaban J connectivity index is 1.49. The number of halogens is 1. The van der Waals surface area contributed by atoms with Crippen LogP contribution in [0.4, 0.5) is 5.69 Å². The number of piperidine rings is 1. The van der Waals surface area contributed by atoms with E-state index in [1.165, 1.54) is 26.0 Å². The van der Waals surface area contributed by atoms with Crippen LogP contribution in [0.1, 0.15) is 29.9 Å². The number of carbonyl (C=O) groups is 2. The van der Waals surface area contributed by atoms with Crippen LogP contribution in [-0.2, 0) is 9.59 Å². The summed E-state index contributed by atoms with van der Waals surface area (Å²) in [5.74, 6) is -0.651. The van der Waals surface area contributed by atoms with Crippen molar-refractivity contribution in [1.29, 1.82) is 0 Å². The van der Waals surface area contributed by atoms with E-state index >= 15 is 0 Å². The first-order valence-corrected chi connectivity index (χ1v) is 10.9. The van der Waals surface area contributed by atoms with Gasteiger partial charge in [0.2, 0.25) is 11.7 Å². The lowest BCUT2D eigenvalue weighted by Gasteiger charge is -2.29. The molecule has 0 saturated carbocycles.